The van der Waals surface area contributed by atoms with Gasteiger partial charge in [0.1, 0.15) is 0 Å². The zero-order chi connectivity index (χ0) is 10.1. The van der Waals surface area contributed by atoms with E-state index in [2.05, 4.69) is 44.8 Å². The van der Waals surface area contributed by atoms with E-state index in [1.807, 2.05) is 0 Å². The van der Waals surface area contributed by atoms with Gasteiger partial charge in [0.05, 0.1) is 0 Å². The van der Waals surface area contributed by atoms with Gasteiger partial charge in [-0.3, -0.25) is 4.90 Å². The summed E-state index contributed by atoms with van der Waals surface area (Å²) in [5.74, 6) is 0. The van der Waals surface area contributed by atoms with Crippen LogP contribution in [0.5, 0.6) is 0 Å². The molecule has 1 saturated heterocycles. The van der Waals surface area contributed by atoms with Crippen molar-refractivity contribution in [2.45, 2.75) is 58.7 Å². The first kappa shape index (κ1) is 11.0. The molecule has 1 aliphatic heterocycles. The Morgan fingerprint density at radius 3 is 2.31 bits per heavy atom. The van der Waals surface area contributed by atoms with Crippen LogP contribution >= 0.6 is 0 Å². The minimum atomic E-state index is 0.341. The average Bonchev–Trinajstić information content (AvgIpc) is 2.32. The Morgan fingerprint density at radius 1 is 1.31 bits per heavy atom. The summed E-state index contributed by atoms with van der Waals surface area (Å²) >= 11 is 0. The van der Waals surface area contributed by atoms with Gasteiger partial charge in [0.2, 0.25) is 0 Å². The maximum Gasteiger partial charge on any atom is 0.0209 e. The molecule has 1 N–H and O–H groups in total. The number of hydrogen-bond donors (Lipinski definition) is 1. The van der Waals surface area contributed by atoms with E-state index in [0.29, 0.717) is 17.6 Å². The molecule has 78 valence electrons. The third-order valence-electron chi connectivity index (χ3n) is 2.71. The van der Waals surface area contributed by atoms with Gasteiger partial charge in [-0.1, -0.05) is 13.8 Å². The topological polar surface area (TPSA) is 15.3 Å². The van der Waals surface area contributed by atoms with Gasteiger partial charge < -0.3 is 5.32 Å². The second-order valence-electron chi connectivity index (χ2n) is 5.42. The summed E-state index contributed by atoms with van der Waals surface area (Å²) in [6.07, 6.45) is 1.30. The van der Waals surface area contributed by atoms with E-state index in [1.54, 1.807) is 0 Å². The zero-order valence-corrected chi connectivity index (χ0v) is 9.72. The summed E-state index contributed by atoms with van der Waals surface area (Å²) in [6.45, 7) is 13.8. The quantitative estimate of drug-likeness (QED) is 0.704. The predicted octanol–water partition coefficient (Wildman–Crippen LogP) is 1.86. The molecule has 1 heterocycles. The van der Waals surface area contributed by atoms with Crippen LogP contribution in [0.1, 0.15) is 41.0 Å². The fraction of sp³-hybridized carbons (Fsp3) is 1.00. The molecule has 1 atom stereocenters. The number of rotatable bonds is 2. The van der Waals surface area contributed by atoms with Crippen LogP contribution in [0.2, 0.25) is 0 Å². The van der Waals surface area contributed by atoms with Crippen LogP contribution in [0.25, 0.3) is 0 Å². The third-order valence-corrected chi connectivity index (χ3v) is 2.71. The van der Waals surface area contributed by atoms with E-state index in [9.17, 15) is 0 Å². The van der Waals surface area contributed by atoms with E-state index in [-0.39, 0.29) is 0 Å². The molecule has 0 bridgehead atoms. The van der Waals surface area contributed by atoms with Crippen LogP contribution in [0.3, 0.4) is 0 Å². The number of hydrogen-bond acceptors (Lipinski definition) is 2. The highest BCUT2D eigenvalue weighted by atomic mass is 15.2. The fourth-order valence-electron chi connectivity index (χ4n) is 1.98. The third kappa shape index (κ3) is 3.28. The first-order chi connectivity index (χ1) is 5.89. The lowest BCUT2D eigenvalue weighted by atomic mass is 10.1. The molecule has 0 aliphatic carbocycles. The average molecular weight is 184 g/mol. The van der Waals surface area contributed by atoms with E-state index >= 15 is 0 Å². The lowest BCUT2D eigenvalue weighted by molar-refractivity contribution is 0.170. The molecular formula is C11H24N2. The highest BCUT2D eigenvalue weighted by Crippen LogP contribution is 2.20. The van der Waals surface area contributed by atoms with Crippen molar-refractivity contribution in [1.82, 2.24) is 10.2 Å². The van der Waals surface area contributed by atoms with Gasteiger partial charge in [0.15, 0.2) is 0 Å². The normalized spacial score (nSPS) is 25.8. The molecule has 0 aromatic carbocycles. The van der Waals surface area contributed by atoms with Crippen LogP contribution in [0, 0.1) is 0 Å². The SMILES string of the molecule is CC(C)NC1CCN(C(C)(C)C)C1. The Hall–Kier alpha value is -0.0800. The first-order valence-corrected chi connectivity index (χ1v) is 5.40. The Kier molecular flexibility index (Phi) is 3.36. The number of nitrogens with one attached hydrogen (secondary N) is 1. The monoisotopic (exact) mass is 184 g/mol. The summed E-state index contributed by atoms with van der Waals surface area (Å²) in [5.41, 5.74) is 0.341. The van der Waals surface area contributed by atoms with Crippen LogP contribution in [0.4, 0.5) is 0 Å². The molecular weight excluding hydrogens is 160 g/mol. The molecule has 13 heavy (non-hydrogen) atoms. The van der Waals surface area contributed by atoms with Crippen LogP contribution < -0.4 is 5.32 Å². The summed E-state index contributed by atoms with van der Waals surface area (Å²) in [5, 5.41) is 3.60. The lowest BCUT2D eigenvalue weighted by Gasteiger charge is -2.31. The highest BCUT2D eigenvalue weighted by Gasteiger charge is 2.29. The molecule has 1 aliphatic rings. The smallest absolute Gasteiger partial charge is 0.0209 e. The Balaban J connectivity index is 2.36. The number of likely N-dealkylation sites (tertiary alicyclic amines) is 1. The maximum atomic E-state index is 3.60. The van der Waals surface area contributed by atoms with Crippen molar-refractivity contribution in [2.24, 2.45) is 0 Å². The van der Waals surface area contributed by atoms with Crippen molar-refractivity contribution in [3.05, 3.63) is 0 Å². The van der Waals surface area contributed by atoms with Crippen molar-refractivity contribution in [3.63, 3.8) is 0 Å². The molecule has 1 fully saturated rings. The Bertz CT molecular complexity index is 158. The lowest BCUT2D eigenvalue weighted by Crippen LogP contribution is -2.43. The minimum absolute atomic E-state index is 0.341. The van der Waals surface area contributed by atoms with Crippen molar-refractivity contribution in [2.75, 3.05) is 13.1 Å². The Labute approximate surface area is 82.7 Å². The van der Waals surface area contributed by atoms with Gasteiger partial charge >= 0.3 is 0 Å². The van der Waals surface area contributed by atoms with Crippen molar-refractivity contribution in [1.29, 1.82) is 0 Å². The van der Waals surface area contributed by atoms with Crippen LogP contribution in [0.15, 0.2) is 0 Å². The van der Waals surface area contributed by atoms with Crippen LogP contribution in [-0.4, -0.2) is 35.6 Å². The van der Waals surface area contributed by atoms with Crippen molar-refractivity contribution < 1.29 is 0 Å². The molecule has 2 heteroatoms. The van der Waals surface area contributed by atoms with Gasteiger partial charge in [-0.2, -0.15) is 0 Å². The Morgan fingerprint density at radius 2 is 1.92 bits per heavy atom. The zero-order valence-electron chi connectivity index (χ0n) is 9.72. The molecule has 0 radical (unpaired) electrons. The standard InChI is InChI=1S/C11H24N2/c1-9(2)12-10-6-7-13(8-10)11(3,4)5/h9-10,12H,6-8H2,1-5H3. The minimum Gasteiger partial charge on any atom is -0.310 e. The van der Waals surface area contributed by atoms with E-state index in [1.165, 1.54) is 19.5 Å². The molecule has 1 unspecified atom stereocenters. The summed E-state index contributed by atoms with van der Waals surface area (Å²) in [4.78, 5) is 2.56. The van der Waals surface area contributed by atoms with E-state index in [0.717, 1.165) is 0 Å². The largest absolute Gasteiger partial charge is 0.310 e. The van der Waals surface area contributed by atoms with Crippen molar-refractivity contribution in [3.8, 4) is 0 Å². The van der Waals surface area contributed by atoms with Gasteiger partial charge in [0.25, 0.3) is 0 Å². The molecule has 0 amide bonds. The van der Waals surface area contributed by atoms with E-state index in [4.69, 9.17) is 0 Å². The van der Waals surface area contributed by atoms with E-state index < -0.39 is 0 Å². The van der Waals surface area contributed by atoms with Crippen molar-refractivity contribution >= 4 is 0 Å². The summed E-state index contributed by atoms with van der Waals surface area (Å²) in [7, 11) is 0. The van der Waals surface area contributed by atoms with Gasteiger partial charge in [-0.15, -0.1) is 0 Å². The summed E-state index contributed by atoms with van der Waals surface area (Å²) < 4.78 is 0. The first-order valence-electron chi connectivity index (χ1n) is 5.40. The summed E-state index contributed by atoms with van der Waals surface area (Å²) in [6, 6.07) is 1.32. The van der Waals surface area contributed by atoms with Gasteiger partial charge in [-0.25, -0.2) is 0 Å². The highest BCUT2D eigenvalue weighted by molar-refractivity contribution is 4.88. The second kappa shape index (κ2) is 3.97. The molecule has 1 rings (SSSR count). The molecule has 0 aromatic heterocycles. The number of nitrogens with zero attached hydrogens (tertiary/aromatic N) is 1. The van der Waals surface area contributed by atoms with Gasteiger partial charge in [-0.05, 0) is 27.2 Å². The maximum absolute atomic E-state index is 3.60. The molecule has 0 spiro atoms. The van der Waals surface area contributed by atoms with Crippen LogP contribution in [-0.2, 0) is 0 Å². The molecule has 0 saturated carbocycles. The fourth-order valence-corrected chi connectivity index (χ4v) is 1.98. The molecule has 2 nitrogen and oxygen atoms in total. The van der Waals surface area contributed by atoms with Gasteiger partial charge in [0, 0.05) is 30.7 Å². The molecule has 0 aromatic rings. The second-order valence-corrected chi connectivity index (χ2v) is 5.42. The predicted molar refractivity (Wildman–Crippen MR) is 58.0 cm³/mol.